The standard InChI is InChI=1S/C12H21F2N/c13-12(14)9-15-8-7-11(12)10-5-3-1-2-4-6-10/h10-11,15H,1-9H2. The van der Waals surface area contributed by atoms with Gasteiger partial charge in [0, 0.05) is 5.92 Å². The minimum Gasteiger partial charge on any atom is -0.311 e. The van der Waals surface area contributed by atoms with E-state index in [1.54, 1.807) is 0 Å². The van der Waals surface area contributed by atoms with Crippen LogP contribution in [0.5, 0.6) is 0 Å². The molecule has 0 bridgehead atoms. The molecule has 2 rings (SSSR count). The van der Waals surface area contributed by atoms with Gasteiger partial charge in [-0.25, -0.2) is 8.78 Å². The van der Waals surface area contributed by atoms with Crippen LogP contribution >= 0.6 is 0 Å². The lowest BCUT2D eigenvalue weighted by Gasteiger charge is -2.37. The molecule has 15 heavy (non-hydrogen) atoms. The Morgan fingerprint density at radius 1 is 0.933 bits per heavy atom. The monoisotopic (exact) mass is 217 g/mol. The Hall–Kier alpha value is -0.180. The van der Waals surface area contributed by atoms with Crippen LogP contribution < -0.4 is 5.32 Å². The van der Waals surface area contributed by atoms with Crippen LogP contribution in [0, 0.1) is 11.8 Å². The highest BCUT2D eigenvalue weighted by atomic mass is 19.3. The van der Waals surface area contributed by atoms with Crippen molar-refractivity contribution in [1.82, 2.24) is 5.32 Å². The van der Waals surface area contributed by atoms with Gasteiger partial charge < -0.3 is 5.32 Å². The van der Waals surface area contributed by atoms with E-state index in [0.29, 0.717) is 6.42 Å². The smallest absolute Gasteiger partial charge is 0.263 e. The molecule has 1 nitrogen and oxygen atoms in total. The third-order valence-electron chi connectivity index (χ3n) is 4.00. The molecular formula is C12H21F2N. The number of alkyl halides is 2. The zero-order valence-corrected chi connectivity index (χ0v) is 9.27. The highest BCUT2D eigenvalue weighted by Crippen LogP contribution is 2.40. The van der Waals surface area contributed by atoms with Crippen molar-refractivity contribution in [3.8, 4) is 0 Å². The fourth-order valence-corrected chi connectivity index (χ4v) is 3.15. The third-order valence-corrected chi connectivity index (χ3v) is 4.00. The highest BCUT2D eigenvalue weighted by molar-refractivity contribution is 4.89. The summed E-state index contributed by atoms with van der Waals surface area (Å²) in [5, 5.41) is 2.81. The van der Waals surface area contributed by atoms with Crippen molar-refractivity contribution in [3.05, 3.63) is 0 Å². The van der Waals surface area contributed by atoms with Gasteiger partial charge in [0.2, 0.25) is 0 Å². The Kier molecular flexibility index (Phi) is 3.60. The number of rotatable bonds is 1. The molecule has 88 valence electrons. The van der Waals surface area contributed by atoms with Crippen molar-refractivity contribution >= 4 is 0 Å². The maximum absolute atomic E-state index is 13.7. The molecule has 1 unspecified atom stereocenters. The molecule has 1 heterocycles. The van der Waals surface area contributed by atoms with Crippen molar-refractivity contribution in [3.63, 3.8) is 0 Å². The highest BCUT2D eigenvalue weighted by Gasteiger charge is 2.45. The average Bonchev–Trinajstić information content (AvgIpc) is 2.45. The van der Waals surface area contributed by atoms with E-state index in [1.807, 2.05) is 0 Å². The van der Waals surface area contributed by atoms with E-state index in [-0.39, 0.29) is 18.4 Å². The Labute approximate surface area is 90.6 Å². The summed E-state index contributed by atoms with van der Waals surface area (Å²) >= 11 is 0. The molecule has 0 aromatic heterocycles. The fraction of sp³-hybridized carbons (Fsp3) is 1.00. The van der Waals surface area contributed by atoms with Gasteiger partial charge in [0.15, 0.2) is 0 Å². The van der Waals surface area contributed by atoms with Gasteiger partial charge in [-0.15, -0.1) is 0 Å². The summed E-state index contributed by atoms with van der Waals surface area (Å²) < 4.78 is 27.4. The number of nitrogens with one attached hydrogen (secondary N) is 1. The van der Waals surface area contributed by atoms with E-state index < -0.39 is 5.92 Å². The average molecular weight is 217 g/mol. The molecule has 0 spiro atoms. The second-order valence-electron chi connectivity index (χ2n) is 5.08. The number of halogens is 2. The third kappa shape index (κ3) is 2.68. The van der Waals surface area contributed by atoms with Gasteiger partial charge in [-0.1, -0.05) is 25.7 Å². The predicted molar refractivity (Wildman–Crippen MR) is 57.1 cm³/mol. The van der Waals surface area contributed by atoms with Gasteiger partial charge >= 0.3 is 0 Å². The van der Waals surface area contributed by atoms with Crippen LogP contribution in [0.2, 0.25) is 0 Å². The Morgan fingerprint density at radius 2 is 1.60 bits per heavy atom. The maximum Gasteiger partial charge on any atom is 0.263 e. The molecular weight excluding hydrogens is 196 g/mol. The van der Waals surface area contributed by atoms with Crippen LogP contribution in [-0.2, 0) is 0 Å². The molecule has 2 fully saturated rings. The maximum atomic E-state index is 13.7. The second-order valence-corrected chi connectivity index (χ2v) is 5.08. The molecule has 1 N–H and O–H groups in total. The van der Waals surface area contributed by atoms with Gasteiger partial charge in [0.05, 0.1) is 6.54 Å². The Bertz CT molecular complexity index is 198. The number of piperidine rings is 1. The molecule has 1 saturated heterocycles. The zero-order valence-electron chi connectivity index (χ0n) is 9.27. The molecule has 1 aliphatic carbocycles. The van der Waals surface area contributed by atoms with Crippen molar-refractivity contribution in [2.45, 2.75) is 50.9 Å². The summed E-state index contributed by atoms with van der Waals surface area (Å²) in [6.45, 7) is 0.672. The Balaban J connectivity index is 1.99. The van der Waals surface area contributed by atoms with Crippen molar-refractivity contribution < 1.29 is 8.78 Å². The van der Waals surface area contributed by atoms with E-state index in [9.17, 15) is 8.78 Å². The number of hydrogen-bond acceptors (Lipinski definition) is 1. The number of hydrogen-bond donors (Lipinski definition) is 1. The first-order chi connectivity index (χ1) is 7.20. The molecule has 0 aromatic rings. The topological polar surface area (TPSA) is 12.0 Å². The molecule has 0 aromatic carbocycles. The largest absolute Gasteiger partial charge is 0.311 e. The summed E-state index contributed by atoms with van der Waals surface area (Å²) in [5.74, 6) is -2.53. The first kappa shape index (κ1) is 11.3. The van der Waals surface area contributed by atoms with Crippen molar-refractivity contribution in [2.75, 3.05) is 13.1 Å². The van der Waals surface area contributed by atoms with Crippen LogP contribution in [-0.4, -0.2) is 19.0 Å². The summed E-state index contributed by atoms with van der Waals surface area (Å²) in [5.41, 5.74) is 0. The lowest BCUT2D eigenvalue weighted by atomic mass is 9.78. The van der Waals surface area contributed by atoms with Crippen LogP contribution in [0.25, 0.3) is 0 Å². The quantitative estimate of drug-likeness (QED) is 0.665. The van der Waals surface area contributed by atoms with Crippen LogP contribution in [0.4, 0.5) is 8.78 Å². The lowest BCUT2D eigenvalue weighted by Crippen LogP contribution is -2.48. The first-order valence-electron chi connectivity index (χ1n) is 6.29. The van der Waals surface area contributed by atoms with Crippen molar-refractivity contribution in [2.24, 2.45) is 11.8 Å². The van der Waals surface area contributed by atoms with Crippen LogP contribution in [0.3, 0.4) is 0 Å². The molecule has 0 amide bonds. The lowest BCUT2D eigenvalue weighted by molar-refractivity contribution is -0.0970. The summed E-state index contributed by atoms with van der Waals surface area (Å²) in [6.07, 6.45) is 7.52. The zero-order chi connectivity index (χ0) is 10.7. The van der Waals surface area contributed by atoms with E-state index in [0.717, 1.165) is 32.2 Å². The molecule has 0 radical (unpaired) electrons. The minimum absolute atomic E-state index is 0.103. The Morgan fingerprint density at radius 3 is 2.20 bits per heavy atom. The van der Waals surface area contributed by atoms with Gasteiger partial charge in [-0.2, -0.15) is 0 Å². The van der Waals surface area contributed by atoms with Gasteiger partial charge in [-0.05, 0) is 31.7 Å². The van der Waals surface area contributed by atoms with E-state index in [1.165, 1.54) is 12.8 Å². The minimum atomic E-state index is -2.47. The van der Waals surface area contributed by atoms with Gasteiger partial charge in [0.25, 0.3) is 5.92 Å². The molecule has 1 saturated carbocycles. The summed E-state index contributed by atoms with van der Waals surface area (Å²) in [7, 11) is 0. The van der Waals surface area contributed by atoms with E-state index in [2.05, 4.69) is 5.32 Å². The van der Waals surface area contributed by atoms with Gasteiger partial charge in [-0.3, -0.25) is 0 Å². The van der Waals surface area contributed by atoms with Crippen LogP contribution in [0.1, 0.15) is 44.9 Å². The fourth-order valence-electron chi connectivity index (χ4n) is 3.15. The summed E-state index contributed by atoms with van der Waals surface area (Å²) in [6, 6.07) is 0. The predicted octanol–water partition coefficient (Wildman–Crippen LogP) is 3.20. The van der Waals surface area contributed by atoms with Gasteiger partial charge in [0.1, 0.15) is 0 Å². The molecule has 1 atom stereocenters. The normalized spacial score (nSPS) is 33.6. The first-order valence-corrected chi connectivity index (χ1v) is 6.29. The SMILES string of the molecule is FC1(F)CNCCC1C1CCCCCC1. The van der Waals surface area contributed by atoms with E-state index >= 15 is 0 Å². The van der Waals surface area contributed by atoms with Crippen LogP contribution in [0.15, 0.2) is 0 Å². The van der Waals surface area contributed by atoms with Crippen molar-refractivity contribution in [1.29, 1.82) is 0 Å². The second kappa shape index (κ2) is 4.77. The molecule has 1 aliphatic heterocycles. The summed E-state index contributed by atoms with van der Waals surface area (Å²) in [4.78, 5) is 0. The molecule has 2 aliphatic rings. The molecule has 3 heteroatoms. The van der Waals surface area contributed by atoms with E-state index in [4.69, 9.17) is 0 Å².